The van der Waals surface area contributed by atoms with Gasteiger partial charge in [-0.05, 0) is 72.3 Å². The van der Waals surface area contributed by atoms with E-state index in [0.29, 0.717) is 30.2 Å². The molecule has 2 heterocycles. The molecule has 7 heteroatoms. The molecule has 0 unspecified atom stereocenters. The third kappa shape index (κ3) is 5.41. The summed E-state index contributed by atoms with van der Waals surface area (Å²) in [4.78, 5) is 16.9. The first-order valence-corrected chi connectivity index (χ1v) is 12.8. The van der Waals surface area contributed by atoms with Crippen LogP contribution in [0.4, 0.5) is 0 Å². The molecule has 0 spiro atoms. The van der Waals surface area contributed by atoms with Gasteiger partial charge in [-0.2, -0.15) is 5.10 Å². The van der Waals surface area contributed by atoms with Crippen molar-refractivity contribution in [1.29, 1.82) is 0 Å². The molecule has 4 aromatic rings. The number of methoxy groups -OCH3 is 1. The molecular weight excluding hydrogens is 458 g/mol. The predicted molar refractivity (Wildman–Crippen MR) is 137 cm³/mol. The van der Waals surface area contributed by atoms with Crippen LogP contribution in [-0.2, 0) is 13.2 Å². The number of amides is 1. The van der Waals surface area contributed by atoms with Gasteiger partial charge in [0.2, 0.25) is 0 Å². The Hall–Kier alpha value is -3.58. The summed E-state index contributed by atoms with van der Waals surface area (Å²) < 4.78 is 13.4. The van der Waals surface area contributed by atoms with Crippen LogP contribution >= 0.6 is 11.3 Å². The summed E-state index contributed by atoms with van der Waals surface area (Å²) in [5.41, 5.74) is 2.65. The first kappa shape index (κ1) is 23.2. The maximum absolute atomic E-state index is 13.7. The predicted octanol–water partition coefficient (Wildman–Crippen LogP) is 6.11. The lowest BCUT2D eigenvalue weighted by molar-refractivity contribution is 0.0664. The van der Waals surface area contributed by atoms with Crippen molar-refractivity contribution in [3.05, 3.63) is 94.4 Å². The molecule has 1 fully saturated rings. The van der Waals surface area contributed by atoms with Gasteiger partial charge < -0.3 is 14.4 Å². The molecule has 0 aliphatic heterocycles. The average Bonchev–Trinajstić information content (AvgIpc) is 3.70. The second kappa shape index (κ2) is 10.8. The van der Waals surface area contributed by atoms with Crippen molar-refractivity contribution in [3.8, 4) is 17.2 Å². The monoisotopic (exact) mass is 487 g/mol. The van der Waals surface area contributed by atoms with Gasteiger partial charge in [0, 0.05) is 35.4 Å². The number of hydrogen-bond acceptors (Lipinski definition) is 5. The molecule has 1 amide bonds. The van der Waals surface area contributed by atoms with Crippen LogP contribution in [0.25, 0.3) is 5.69 Å². The van der Waals surface area contributed by atoms with Gasteiger partial charge >= 0.3 is 0 Å². The summed E-state index contributed by atoms with van der Waals surface area (Å²) in [7, 11) is 1.65. The lowest BCUT2D eigenvalue weighted by Crippen LogP contribution is -2.38. The number of rotatable bonds is 9. The minimum Gasteiger partial charge on any atom is -0.493 e. The van der Waals surface area contributed by atoms with Crippen molar-refractivity contribution in [3.63, 3.8) is 0 Å². The van der Waals surface area contributed by atoms with Crippen molar-refractivity contribution >= 4 is 17.2 Å². The molecule has 0 bridgehead atoms. The molecule has 1 aliphatic carbocycles. The zero-order valence-corrected chi connectivity index (χ0v) is 20.6. The molecule has 0 N–H and O–H groups in total. The molecule has 1 saturated carbocycles. The van der Waals surface area contributed by atoms with Crippen LogP contribution in [0.5, 0.6) is 11.5 Å². The first-order chi connectivity index (χ1) is 17.2. The first-order valence-electron chi connectivity index (χ1n) is 11.9. The van der Waals surface area contributed by atoms with Gasteiger partial charge in [0.1, 0.15) is 6.61 Å². The second-order valence-electron chi connectivity index (χ2n) is 8.72. The standard InChI is InChI=1S/C28H29N3O3S/c1-33-26-14-9-21(18-27(26)34-20-25-8-4-17-35-25)19-30(23-6-2-3-7-23)28(32)22-10-12-24(13-11-22)31-16-5-15-29-31/h4-5,8-18,23H,2-3,6-7,19-20H2,1H3. The van der Waals surface area contributed by atoms with E-state index < -0.39 is 0 Å². The molecule has 180 valence electrons. The number of aromatic nitrogens is 2. The fourth-order valence-electron chi connectivity index (χ4n) is 4.60. The van der Waals surface area contributed by atoms with Crippen LogP contribution in [0.1, 0.15) is 46.5 Å². The normalized spacial score (nSPS) is 13.6. The Bertz CT molecular complexity index is 1230. The quantitative estimate of drug-likeness (QED) is 0.286. The summed E-state index contributed by atoms with van der Waals surface area (Å²) >= 11 is 1.66. The smallest absolute Gasteiger partial charge is 0.254 e. The van der Waals surface area contributed by atoms with Gasteiger partial charge in [-0.15, -0.1) is 11.3 Å². The van der Waals surface area contributed by atoms with Crippen LogP contribution in [0, 0.1) is 0 Å². The summed E-state index contributed by atoms with van der Waals surface area (Å²) in [5, 5.41) is 6.31. The average molecular weight is 488 g/mol. The fourth-order valence-corrected chi connectivity index (χ4v) is 5.22. The Labute approximate surface area is 209 Å². The number of ether oxygens (including phenoxy) is 2. The Kier molecular flexibility index (Phi) is 7.14. The van der Waals surface area contributed by atoms with Gasteiger partial charge in [-0.3, -0.25) is 4.79 Å². The van der Waals surface area contributed by atoms with Crippen molar-refractivity contribution in [2.24, 2.45) is 0 Å². The topological polar surface area (TPSA) is 56.6 Å². The Morgan fingerprint density at radius 3 is 2.60 bits per heavy atom. The summed E-state index contributed by atoms with van der Waals surface area (Å²) in [6, 6.07) is 19.8. The number of carbonyl (C=O) groups excluding carboxylic acids is 1. The van der Waals surface area contributed by atoms with Crippen molar-refractivity contribution in [2.75, 3.05) is 7.11 Å². The molecule has 2 aromatic heterocycles. The van der Waals surface area contributed by atoms with Crippen LogP contribution < -0.4 is 9.47 Å². The summed E-state index contributed by atoms with van der Waals surface area (Å²) in [6.07, 6.45) is 8.02. The highest BCUT2D eigenvalue weighted by molar-refractivity contribution is 7.09. The van der Waals surface area contributed by atoms with Crippen LogP contribution in [0.15, 0.2) is 78.4 Å². The molecule has 6 nitrogen and oxygen atoms in total. The van der Waals surface area contributed by atoms with E-state index in [-0.39, 0.29) is 11.9 Å². The maximum atomic E-state index is 13.7. The van der Waals surface area contributed by atoms with Crippen LogP contribution in [-0.4, -0.2) is 33.7 Å². The number of benzene rings is 2. The van der Waals surface area contributed by atoms with E-state index >= 15 is 0 Å². The van der Waals surface area contributed by atoms with Crippen molar-refractivity contribution in [1.82, 2.24) is 14.7 Å². The summed E-state index contributed by atoms with van der Waals surface area (Å²) in [6.45, 7) is 1.02. The largest absolute Gasteiger partial charge is 0.493 e. The van der Waals surface area contributed by atoms with E-state index in [0.717, 1.165) is 41.8 Å². The number of thiophene rings is 1. The molecular formula is C28H29N3O3S. The van der Waals surface area contributed by atoms with Gasteiger partial charge in [0.25, 0.3) is 5.91 Å². The molecule has 5 rings (SSSR count). The molecule has 2 aromatic carbocycles. The third-order valence-corrected chi connectivity index (χ3v) is 7.29. The fraction of sp³-hybridized carbons (Fsp3) is 0.286. The molecule has 0 atom stereocenters. The molecule has 0 saturated heterocycles. The minimum atomic E-state index is 0.0563. The zero-order valence-electron chi connectivity index (χ0n) is 19.8. The Morgan fingerprint density at radius 1 is 1.09 bits per heavy atom. The highest BCUT2D eigenvalue weighted by atomic mass is 32.1. The molecule has 1 aliphatic rings. The SMILES string of the molecule is COc1ccc(CN(C(=O)c2ccc(-n3cccn3)cc2)C2CCCC2)cc1OCc1cccs1. The van der Waals surface area contributed by atoms with E-state index in [4.69, 9.17) is 9.47 Å². The highest BCUT2D eigenvalue weighted by Crippen LogP contribution is 2.32. The van der Waals surface area contributed by atoms with Gasteiger partial charge in [-0.25, -0.2) is 4.68 Å². The van der Waals surface area contributed by atoms with E-state index in [2.05, 4.69) is 11.2 Å². The third-order valence-electron chi connectivity index (χ3n) is 6.44. The number of nitrogens with zero attached hydrogens (tertiary/aromatic N) is 3. The highest BCUT2D eigenvalue weighted by Gasteiger charge is 2.28. The Balaban J connectivity index is 1.36. The van der Waals surface area contributed by atoms with E-state index in [1.54, 1.807) is 29.3 Å². The molecule has 0 radical (unpaired) electrons. The summed E-state index contributed by atoms with van der Waals surface area (Å²) in [5.74, 6) is 1.44. The lowest BCUT2D eigenvalue weighted by atomic mass is 10.1. The minimum absolute atomic E-state index is 0.0563. The maximum Gasteiger partial charge on any atom is 0.254 e. The van der Waals surface area contributed by atoms with Gasteiger partial charge in [0.05, 0.1) is 12.8 Å². The van der Waals surface area contributed by atoms with Gasteiger partial charge in [-0.1, -0.05) is 25.0 Å². The van der Waals surface area contributed by atoms with Crippen LogP contribution in [0.2, 0.25) is 0 Å². The Morgan fingerprint density at radius 2 is 1.91 bits per heavy atom. The number of hydrogen-bond donors (Lipinski definition) is 0. The van der Waals surface area contributed by atoms with E-state index in [1.165, 1.54) is 0 Å². The second-order valence-corrected chi connectivity index (χ2v) is 9.75. The number of carbonyl (C=O) groups is 1. The molecule has 35 heavy (non-hydrogen) atoms. The van der Waals surface area contributed by atoms with E-state index in [1.807, 2.05) is 71.1 Å². The van der Waals surface area contributed by atoms with Crippen LogP contribution in [0.3, 0.4) is 0 Å². The lowest BCUT2D eigenvalue weighted by Gasteiger charge is -2.29. The van der Waals surface area contributed by atoms with Gasteiger partial charge in [0.15, 0.2) is 11.5 Å². The van der Waals surface area contributed by atoms with E-state index in [9.17, 15) is 4.79 Å². The van der Waals surface area contributed by atoms with Crippen molar-refractivity contribution in [2.45, 2.75) is 44.9 Å². The zero-order chi connectivity index (χ0) is 24.0. The van der Waals surface area contributed by atoms with Crippen molar-refractivity contribution < 1.29 is 14.3 Å².